The zero-order valence-corrected chi connectivity index (χ0v) is 16.5. The Hall–Kier alpha value is -2.69. The standard InChI is InChI=1S/C22H29NO4/c1-5-20(27-18-10-8-9-17(15-18)25-4)22(24)23-13-14-26-21-12-7-6-11-19(21)16(2)3/h6-12,15-16,20H,5,13-14H2,1-4H3,(H,23,24)/t20-/m0/s1. The second kappa shape index (κ2) is 10.5. The highest BCUT2D eigenvalue weighted by molar-refractivity contribution is 5.81. The van der Waals surface area contributed by atoms with E-state index in [2.05, 4.69) is 25.2 Å². The van der Waals surface area contributed by atoms with E-state index in [0.717, 1.165) is 11.3 Å². The van der Waals surface area contributed by atoms with E-state index >= 15 is 0 Å². The summed E-state index contributed by atoms with van der Waals surface area (Å²) in [5, 5.41) is 2.88. The number of methoxy groups -OCH3 is 1. The molecule has 2 rings (SSSR count). The Balaban J connectivity index is 1.83. The van der Waals surface area contributed by atoms with Crippen molar-refractivity contribution in [2.24, 2.45) is 0 Å². The summed E-state index contributed by atoms with van der Waals surface area (Å²) in [5.74, 6) is 2.40. The van der Waals surface area contributed by atoms with Gasteiger partial charge in [-0.25, -0.2) is 0 Å². The molecular formula is C22H29NO4. The normalized spacial score (nSPS) is 11.7. The molecule has 0 bridgehead atoms. The predicted molar refractivity (Wildman–Crippen MR) is 107 cm³/mol. The van der Waals surface area contributed by atoms with E-state index in [4.69, 9.17) is 14.2 Å². The zero-order valence-electron chi connectivity index (χ0n) is 16.5. The Kier molecular flexibility index (Phi) is 7.99. The first-order valence-electron chi connectivity index (χ1n) is 9.35. The maximum Gasteiger partial charge on any atom is 0.261 e. The third-order valence-corrected chi connectivity index (χ3v) is 4.18. The summed E-state index contributed by atoms with van der Waals surface area (Å²) in [6, 6.07) is 15.2. The Morgan fingerprint density at radius 1 is 1.07 bits per heavy atom. The van der Waals surface area contributed by atoms with Gasteiger partial charge in [0.2, 0.25) is 0 Å². The van der Waals surface area contributed by atoms with E-state index in [-0.39, 0.29) is 5.91 Å². The van der Waals surface area contributed by atoms with Crippen molar-refractivity contribution >= 4 is 5.91 Å². The minimum atomic E-state index is -0.556. The number of para-hydroxylation sites is 1. The minimum Gasteiger partial charge on any atom is -0.497 e. The summed E-state index contributed by atoms with van der Waals surface area (Å²) in [6.45, 7) is 7.01. The van der Waals surface area contributed by atoms with Crippen LogP contribution in [0.5, 0.6) is 17.2 Å². The predicted octanol–water partition coefficient (Wildman–Crippen LogP) is 4.17. The van der Waals surface area contributed by atoms with Crippen molar-refractivity contribution in [2.75, 3.05) is 20.3 Å². The van der Waals surface area contributed by atoms with Gasteiger partial charge in [-0.3, -0.25) is 4.79 Å². The van der Waals surface area contributed by atoms with Crippen molar-refractivity contribution in [1.82, 2.24) is 5.32 Å². The van der Waals surface area contributed by atoms with Crippen molar-refractivity contribution in [3.63, 3.8) is 0 Å². The van der Waals surface area contributed by atoms with Gasteiger partial charge in [-0.05, 0) is 36.1 Å². The summed E-state index contributed by atoms with van der Waals surface area (Å²) < 4.78 is 16.8. The van der Waals surface area contributed by atoms with Gasteiger partial charge in [-0.2, -0.15) is 0 Å². The van der Waals surface area contributed by atoms with Crippen LogP contribution in [0, 0.1) is 0 Å². The SMILES string of the molecule is CC[C@H](Oc1cccc(OC)c1)C(=O)NCCOc1ccccc1C(C)C. The van der Waals surface area contributed by atoms with Gasteiger partial charge in [-0.1, -0.05) is 45.0 Å². The molecular weight excluding hydrogens is 342 g/mol. The summed E-state index contributed by atoms with van der Waals surface area (Å²) in [4.78, 5) is 12.4. The highest BCUT2D eigenvalue weighted by atomic mass is 16.5. The molecule has 146 valence electrons. The highest BCUT2D eigenvalue weighted by Gasteiger charge is 2.18. The van der Waals surface area contributed by atoms with Crippen LogP contribution in [-0.4, -0.2) is 32.3 Å². The van der Waals surface area contributed by atoms with Gasteiger partial charge in [0.1, 0.15) is 23.9 Å². The summed E-state index contributed by atoms with van der Waals surface area (Å²) in [6.07, 6.45) is 0.0140. The van der Waals surface area contributed by atoms with E-state index in [1.54, 1.807) is 13.2 Å². The van der Waals surface area contributed by atoms with Gasteiger partial charge in [0, 0.05) is 6.07 Å². The van der Waals surface area contributed by atoms with Gasteiger partial charge in [0.15, 0.2) is 6.10 Å². The fourth-order valence-corrected chi connectivity index (χ4v) is 2.70. The topological polar surface area (TPSA) is 56.8 Å². The largest absolute Gasteiger partial charge is 0.497 e. The lowest BCUT2D eigenvalue weighted by molar-refractivity contribution is -0.128. The summed E-state index contributed by atoms with van der Waals surface area (Å²) in [7, 11) is 1.60. The van der Waals surface area contributed by atoms with Gasteiger partial charge >= 0.3 is 0 Å². The molecule has 1 N–H and O–H groups in total. The molecule has 0 aromatic heterocycles. The summed E-state index contributed by atoms with van der Waals surface area (Å²) >= 11 is 0. The first kappa shape index (κ1) is 20.6. The van der Waals surface area contributed by atoms with Gasteiger partial charge < -0.3 is 19.5 Å². The monoisotopic (exact) mass is 371 g/mol. The average molecular weight is 371 g/mol. The van der Waals surface area contributed by atoms with Crippen molar-refractivity contribution in [3.05, 3.63) is 54.1 Å². The molecule has 2 aromatic carbocycles. The molecule has 0 aliphatic carbocycles. The fraction of sp³-hybridized carbons (Fsp3) is 0.409. The Bertz CT molecular complexity index is 730. The second-order valence-electron chi connectivity index (χ2n) is 6.53. The van der Waals surface area contributed by atoms with Crippen LogP contribution in [0.1, 0.15) is 38.7 Å². The molecule has 0 radical (unpaired) electrons. The van der Waals surface area contributed by atoms with Gasteiger partial charge in [-0.15, -0.1) is 0 Å². The van der Waals surface area contributed by atoms with Crippen LogP contribution in [-0.2, 0) is 4.79 Å². The third kappa shape index (κ3) is 6.20. The first-order valence-corrected chi connectivity index (χ1v) is 9.35. The van der Waals surface area contributed by atoms with Crippen molar-refractivity contribution in [2.45, 2.75) is 39.2 Å². The maximum absolute atomic E-state index is 12.4. The lowest BCUT2D eigenvalue weighted by Gasteiger charge is -2.18. The van der Waals surface area contributed by atoms with E-state index in [1.165, 1.54) is 0 Å². The number of amides is 1. The smallest absolute Gasteiger partial charge is 0.261 e. The molecule has 1 amide bonds. The van der Waals surface area contributed by atoms with Crippen molar-refractivity contribution in [1.29, 1.82) is 0 Å². The molecule has 27 heavy (non-hydrogen) atoms. The number of carbonyl (C=O) groups is 1. The molecule has 0 saturated carbocycles. The second-order valence-corrected chi connectivity index (χ2v) is 6.53. The van der Waals surface area contributed by atoms with Gasteiger partial charge in [0.25, 0.3) is 5.91 Å². The number of ether oxygens (including phenoxy) is 3. The first-order chi connectivity index (χ1) is 13.0. The van der Waals surface area contributed by atoms with Crippen LogP contribution in [0.3, 0.4) is 0 Å². The van der Waals surface area contributed by atoms with Crippen molar-refractivity contribution in [3.8, 4) is 17.2 Å². The molecule has 1 atom stereocenters. The summed E-state index contributed by atoms with van der Waals surface area (Å²) in [5.41, 5.74) is 1.16. The molecule has 0 saturated heterocycles. The van der Waals surface area contributed by atoms with E-state index < -0.39 is 6.10 Å². The molecule has 0 fully saturated rings. The van der Waals surface area contributed by atoms with Crippen LogP contribution < -0.4 is 19.5 Å². The van der Waals surface area contributed by atoms with Crippen LogP contribution in [0.2, 0.25) is 0 Å². The maximum atomic E-state index is 12.4. The molecule has 5 nitrogen and oxygen atoms in total. The van der Waals surface area contributed by atoms with Crippen LogP contribution in [0.15, 0.2) is 48.5 Å². The van der Waals surface area contributed by atoms with E-state index in [9.17, 15) is 4.79 Å². The molecule has 0 aliphatic heterocycles. The quantitative estimate of drug-likeness (QED) is 0.637. The molecule has 0 aliphatic rings. The zero-order chi connectivity index (χ0) is 19.6. The van der Waals surface area contributed by atoms with Crippen LogP contribution >= 0.6 is 0 Å². The highest BCUT2D eigenvalue weighted by Crippen LogP contribution is 2.25. The molecule has 0 unspecified atom stereocenters. The molecule has 5 heteroatoms. The van der Waals surface area contributed by atoms with Gasteiger partial charge in [0.05, 0.1) is 13.7 Å². The lowest BCUT2D eigenvalue weighted by atomic mass is 10.0. The Labute approximate surface area is 161 Å². The number of carbonyl (C=O) groups excluding carboxylic acids is 1. The van der Waals surface area contributed by atoms with Crippen LogP contribution in [0.25, 0.3) is 0 Å². The number of nitrogens with one attached hydrogen (secondary N) is 1. The fourth-order valence-electron chi connectivity index (χ4n) is 2.70. The number of hydrogen-bond donors (Lipinski definition) is 1. The molecule has 0 spiro atoms. The Morgan fingerprint density at radius 2 is 1.81 bits per heavy atom. The van der Waals surface area contributed by atoms with Crippen LogP contribution in [0.4, 0.5) is 0 Å². The van der Waals surface area contributed by atoms with E-state index in [0.29, 0.717) is 37.0 Å². The average Bonchev–Trinajstić information content (AvgIpc) is 2.69. The Morgan fingerprint density at radius 3 is 2.52 bits per heavy atom. The molecule has 0 heterocycles. The third-order valence-electron chi connectivity index (χ3n) is 4.18. The lowest BCUT2D eigenvalue weighted by Crippen LogP contribution is -2.39. The number of rotatable bonds is 10. The number of benzene rings is 2. The minimum absolute atomic E-state index is 0.152. The number of hydrogen-bond acceptors (Lipinski definition) is 4. The van der Waals surface area contributed by atoms with E-state index in [1.807, 2.05) is 43.3 Å². The van der Waals surface area contributed by atoms with Crippen molar-refractivity contribution < 1.29 is 19.0 Å². The molecule has 2 aromatic rings.